The van der Waals surface area contributed by atoms with Crippen molar-refractivity contribution in [2.75, 3.05) is 33.5 Å². The predicted octanol–water partition coefficient (Wildman–Crippen LogP) is -1.24. The molecule has 0 radical (unpaired) electrons. The van der Waals surface area contributed by atoms with Crippen LogP contribution < -0.4 is 0 Å². The summed E-state index contributed by atoms with van der Waals surface area (Å²) >= 11 is 0. The lowest BCUT2D eigenvalue weighted by Gasteiger charge is -2.26. The first-order chi connectivity index (χ1) is 6.64. The monoisotopic (exact) mass is 230 g/mol. The standard InChI is InChI=1S/C6H15O7P/c1-11-13-14(10)12-5-6(2-7,3-8)4-9/h7-10H,2-5H2,1H3. The van der Waals surface area contributed by atoms with Gasteiger partial charge in [0, 0.05) is 0 Å². The predicted molar refractivity (Wildman–Crippen MR) is 46.9 cm³/mol. The van der Waals surface area contributed by atoms with Crippen molar-refractivity contribution in [2.45, 2.75) is 0 Å². The minimum atomic E-state index is -2.22. The summed E-state index contributed by atoms with van der Waals surface area (Å²) in [6.07, 6.45) is 0. The molecule has 0 spiro atoms. The lowest BCUT2D eigenvalue weighted by atomic mass is 9.93. The zero-order valence-electron chi connectivity index (χ0n) is 7.79. The molecule has 0 aliphatic rings. The van der Waals surface area contributed by atoms with Crippen LogP contribution in [0.4, 0.5) is 0 Å². The zero-order valence-corrected chi connectivity index (χ0v) is 8.68. The van der Waals surface area contributed by atoms with Crippen LogP contribution in [0.3, 0.4) is 0 Å². The van der Waals surface area contributed by atoms with Gasteiger partial charge >= 0.3 is 8.60 Å². The number of aliphatic hydroxyl groups excluding tert-OH is 3. The molecule has 0 saturated heterocycles. The van der Waals surface area contributed by atoms with Gasteiger partial charge in [0.25, 0.3) is 0 Å². The molecule has 4 N–H and O–H groups in total. The molecule has 0 rings (SSSR count). The molecule has 0 amide bonds. The van der Waals surface area contributed by atoms with E-state index in [2.05, 4.69) is 9.56 Å². The highest BCUT2D eigenvalue weighted by Crippen LogP contribution is 2.35. The van der Waals surface area contributed by atoms with Crippen LogP contribution in [0, 0.1) is 5.41 Å². The first kappa shape index (κ1) is 14.2. The van der Waals surface area contributed by atoms with E-state index >= 15 is 0 Å². The Morgan fingerprint density at radius 3 is 2.00 bits per heavy atom. The average molecular weight is 230 g/mol. The highest BCUT2D eigenvalue weighted by molar-refractivity contribution is 7.40. The van der Waals surface area contributed by atoms with Crippen LogP contribution in [0.25, 0.3) is 0 Å². The second-order valence-corrected chi connectivity index (χ2v) is 3.61. The van der Waals surface area contributed by atoms with Crippen LogP contribution in [-0.2, 0) is 14.1 Å². The summed E-state index contributed by atoms with van der Waals surface area (Å²) in [5.74, 6) is 0. The highest BCUT2D eigenvalue weighted by Gasteiger charge is 2.30. The summed E-state index contributed by atoms with van der Waals surface area (Å²) in [6.45, 7) is -1.62. The van der Waals surface area contributed by atoms with Crippen molar-refractivity contribution < 1.29 is 34.3 Å². The molecule has 8 heteroatoms. The third kappa shape index (κ3) is 4.59. The van der Waals surface area contributed by atoms with E-state index in [0.29, 0.717) is 0 Å². The second kappa shape index (κ2) is 7.44. The summed E-state index contributed by atoms with van der Waals surface area (Å²) in [5.41, 5.74) is -1.18. The maximum Gasteiger partial charge on any atom is 0.360 e. The zero-order chi connectivity index (χ0) is 11.0. The molecule has 1 unspecified atom stereocenters. The molecule has 0 fully saturated rings. The molecule has 0 aromatic carbocycles. The molecule has 1 atom stereocenters. The highest BCUT2D eigenvalue weighted by atomic mass is 31.2. The van der Waals surface area contributed by atoms with Crippen molar-refractivity contribution in [2.24, 2.45) is 5.41 Å². The van der Waals surface area contributed by atoms with Gasteiger partial charge in [-0.1, -0.05) is 0 Å². The third-order valence-corrected chi connectivity index (χ3v) is 2.25. The number of hydrogen-bond donors (Lipinski definition) is 4. The summed E-state index contributed by atoms with van der Waals surface area (Å²) in [7, 11) is -1.02. The van der Waals surface area contributed by atoms with Crippen molar-refractivity contribution in [1.82, 2.24) is 0 Å². The molecule has 0 bridgehead atoms. The van der Waals surface area contributed by atoms with E-state index in [1.165, 1.54) is 7.11 Å². The van der Waals surface area contributed by atoms with E-state index in [0.717, 1.165) is 0 Å². The van der Waals surface area contributed by atoms with E-state index in [4.69, 9.17) is 24.7 Å². The SMILES string of the molecule is COOP(O)OCC(CO)(CO)CO. The molecular formula is C6H15O7P. The Hall–Kier alpha value is 0.150. The Morgan fingerprint density at radius 1 is 1.14 bits per heavy atom. The lowest BCUT2D eigenvalue weighted by molar-refractivity contribution is -0.190. The van der Waals surface area contributed by atoms with Crippen molar-refractivity contribution in [3.05, 3.63) is 0 Å². The Bertz CT molecular complexity index is 132. The summed E-state index contributed by atoms with van der Waals surface area (Å²) in [6, 6.07) is 0. The molecule has 0 aromatic heterocycles. The van der Waals surface area contributed by atoms with Crippen LogP contribution in [0.2, 0.25) is 0 Å². The number of rotatable bonds is 8. The summed E-state index contributed by atoms with van der Waals surface area (Å²) in [4.78, 5) is 13.1. The minimum absolute atomic E-state index is 0.234. The van der Waals surface area contributed by atoms with Crippen LogP contribution in [0.5, 0.6) is 0 Å². The Kier molecular flexibility index (Phi) is 7.52. The summed E-state index contributed by atoms with van der Waals surface area (Å²) < 4.78 is 8.94. The normalized spacial score (nSPS) is 14.4. The molecule has 0 aliphatic carbocycles. The molecule has 0 aromatic rings. The van der Waals surface area contributed by atoms with E-state index in [9.17, 15) is 0 Å². The van der Waals surface area contributed by atoms with E-state index in [1.807, 2.05) is 0 Å². The number of aliphatic hydroxyl groups is 3. The third-order valence-electron chi connectivity index (χ3n) is 1.63. The van der Waals surface area contributed by atoms with Gasteiger partial charge in [0.15, 0.2) is 0 Å². The molecule has 86 valence electrons. The maximum absolute atomic E-state index is 8.95. The average Bonchev–Trinajstić information content (AvgIpc) is 2.21. The molecular weight excluding hydrogens is 215 g/mol. The fraction of sp³-hybridized carbons (Fsp3) is 1.00. The van der Waals surface area contributed by atoms with Crippen molar-refractivity contribution in [3.8, 4) is 0 Å². The topological polar surface area (TPSA) is 109 Å². The Morgan fingerprint density at radius 2 is 1.64 bits per heavy atom. The fourth-order valence-corrected chi connectivity index (χ4v) is 1.12. The van der Waals surface area contributed by atoms with Gasteiger partial charge in [0.05, 0.1) is 39.0 Å². The Balaban J connectivity index is 3.92. The largest absolute Gasteiger partial charge is 0.396 e. The molecule has 14 heavy (non-hydrogen) atoms. The summed E-state index contributed by atoms with van der Waals surface area (Å²) in [5, 5.41) is 26.6. The van der Waals surface area contributed by atoms with Crippen molar-refractivity contribution in [1.29, 1.82) is 0 Å². The smallest absolute Gasteiger partial charge is 0.360 e. The van der Waals surface area contributed by atoms with Gasteiger partial charge in [-0.3, -0.25) is 0 Å². The van der Waals surface area contributed by atoms with Gasteiger partial charge in [-0.2, -0.15) is 4.67 Å². The van der Waals surface area contributed by atoms with E-state index in [1.54, 1.807) is 0 Å². The lowest BCUT2D eigenvalue weighted by Crippen LogP contribution is -2.38. The Labute approximate surface area is 82.8 Å². The molecule has 0 aliphatic heterocycles. The van der Waals surface area contributed by atoms with Crippen LogP contribution in [0.1, 0.15) is 0 Å². The maximum atomic E-state index is 8.95. The van der Waals surface area contributed by atoms with Crippen molar-refractivity contribution in [3.63, 3.8) is 0 Å². The minimum Gasteiger partial charge on any atom is -0.396 e. The first-order valence-electron chi connectivity index (χ1n) is 3.79. The van der Waals surface area contributed by atoms with Crippen LogP contribution in [-0.4, -0.2) is 53.8 Å². The van der Waals surface area contributed by atoms with E-state index in [-0.39, 0.29) is 6.61 Å². The van der Waals surface area contributed by atoms with Gasteiger partial charge in [-0.05, 0) is 0 Å². The molecule has 7 nitrogen and oxygen atoms in total. The first-order valence-corrected chi connectivity index (χ1v) is 4.92. The fourth-order valence-electron chi connectivity index (χ4n) is 0.564. The van der Waals surface area contributed by atoms with Gasteiger partial charge in [0.2, 0.25) is 0 Å². The van der Waals surface area contributed by atoms with Gasteiger partial charge in [-0.15, -0.1) is 0 Å². The van der Waals surface area contributed by atoms with Crippen molar-refractivity contribution >= 4 is 8.60 Å². The molecule has 0 heterocycles. The van der Waals surface area contributed by atoms with Crippen LogP contribution in [0.15, 0.2) is 0 Å². The van der Waals surface area contributed by atoms with E-state index < -0.39 is 33.8 Å². The van der Waals surface area contributed by atoms with Gasteiger partial charge in [0.1, 0.15) is 0 Å². The molecule has 0 saturated carbocycles. The number of hydrogen-bond acceptors (Lipinski definition) is 7. The quantitative estimate of drug-likeness (QED) is 0.235. The van der Waals surface area contributed by atoms with Gasteiger partial charge < -0.3 is 24.7 Å². The van der Waals surface area contributed by atoms with Crippen LogP contribution >= 0.6 is 8.60 Å². The van der Waals surface area contributed by atoms with Gasteiger partial charge in [-0.25, -0.2) is 4.89 Å². The second-order valence-electron chi connectivity index (χ2n) is 2.73.